The van der Waals surface area contributed by atoms with Crippen LogP contribution in [-0.2, 0) is 4.79 Å². The van der Waals surface area contributed by atoms with Gasteiger partial charge in [0.1, 0.15) is 12.4 Å². The highest BCUT2D eigenvalue weighted by Gasteiger charge is 2.34. The molecule has 0 aliphatic carbocycles. The number of para-hydroxylation sites is 1. The van der Waals surface area contributed by atoms with Gasteiger partial charge in [0.05, 0.1) is 12.2 Å². The fraction of sp³-hybridized carbons (Fsp3) is 0.130. The highest BCUT2D eigenvalue weighted by Crippen LogP contribution is 2.34. The van der Waals surface area contributed by atoms with E-state index in [0.29, 0.717) is 18.7 Å². The van der Waals surface area contributed by atoms with Crippen molar-refractivity contribution in [2.75, 3.05) is 24.3 Å². The summed E-state index contributed by atoms with van der Waals surface area (Å²) in [4.78, 5) is 15.5. The Kier molecular flexibility index (Phi) is 5.53. The number of benzene rings is 3. The number of thioether (sulfide) groups is 1. The average Bonchev–Trinajstić information content (AvgIpc) is 3.04. The maximum atomic E-state index is 12.7. The summed E-state index contributed by atoms with van der Waals surface area (Å²) >= 11 is 1.69. The van der Waals surface area contributed by atoms with Gasteiger partial charge in [0.2, 0.25) is 0 Å². The van der Waals surface area contributed by atoms with Gasteiger partial charge in [-0.2, -0.15) is 0 Å². The number of carbonyl (C=O) groups excluding carboxylic acids is 1. The average molecular weight is 404 g/mol. The lowest BCUT2D eigenvalue weighted by Gasteiger charge is -2.18. The van der Waals surface area contributed by atoms with E-state index in [1.54, 1.807) is 16.7 Å². The molecule has 0 spiro atoms. The lowest BCUT2D eigenvalue weighted by Crippen LogP contribution is -2.33. The molecule has 1 N–H and O–H groups in total. The molecule has 6 heteroatoms. The van der Waals surface area contributed by atoms with Gasteiger partial charge in [0.15, 0.2) is 5.71 Å². The number of amides is 1. The molecule has 0 unspecified atom stereocenters. The molecule has 4 rings (SSSR count). The van der Waals surface area contributed by atoms with Crippen molar-refractivity contribution >= 4 is 29.1 Å². The van der Waals surface area contributed by atoms with Crippen molar-refractivity contribution in [2.45, 2.75) is 4.90 Å². The summed E-state index contributed by atoms with van der Waals surface area (Å²) in [5.41, 5.74) is 3.47. The second kappa shape index (κ2) is 8.41. The van der Waals surface area contributed by atoms with Gasteiger partial charge in [0, 0.05) is 10.5 Å². The zero-order valence-electron chi connectivity index (χ0n) is 15.9. The standard InChI is InChI=1S/C23H20N2O3S/c1-29-19-10-7-16(8-11-19)17-9-12-20-21(15-17)25(23(26)22(20)24-27)13-14-28-18-5-3-2-4-6-18/h2-12,15,27H,13-14H2,1H3/b24-22+. The fourth-order valence-corrected chi connectivity index (χ4v) is 3.77. The second-order valence-electron chi connectivity index (χ2n) is 6.53. The predicted octanol–water partition coefficient (Wildman–Crippen LogP) is 4.68. The number of ether oxygens (including phenoxy) is 1. The summed E-state index contributed by atoms with van der Waals surface area (Å²) in [6.45, 7) is 0.690. The molecule has 0 radical (unpaired) electrons. The van der Waals surface area contributed by atoms with Crippen molar-refractivity contribution in [2.24, 2.45) is 5.16 Å². The van der Waals surface area contributed by atoms with Gasteiger partial charge in [-0.05, 0) is 53.8 Å². The molecular weight excluding hydrogens is 384 g/mol. The lowest BCUT2D eigenvalue weighted by atomic mass is 10.0. The molecule has 0 fully saturated rings. The minimum atomic E-state index is -0.325. The Morgan fingerprint density at radius 3 is 2.41 bits per heavy atom. The van der Waals surface area contributed by atoms with Gasteiger partial charge < -0.3 is 14.8 Å². The smallest absolute Gasteiger partial charge is 0.281 e. The topological polar surface area (TPSA) is 62.1 Å². The van der Waals surface area contributed by atoms with Crippen LogP contribution in [0.4, 0.5) is 5.69 Å². The quantitative estimate of drug-likeness (QED) is 0.368. The minimum Gasteiger partial charge on any atom is -0.492 e. The fourth-order valence-electron chi connectivity index (χ4n) is 3.36. The minimum absolute atomic E-state index is 0.0593. The summed E-state index contributed by atoms with van der Waals surface area (Å²) < 4.78 is 5.74. The van der Waals surface area contributed by atoms with Gasteiger partial charge >= 0.3 is 0 Å². The maximum Gasteiger partial charge on any atom is 0.281 e. The third-order valence-electron chi connectivity index (χ3n) is 4.84. The Morgan fingerprint density at radius 1 is 1.00 bits per heavy atom. The van der Waals surface area contributed by atoms with Crippen LogP contribution in [0.1, 0.15) is 5.56 Å². The van der Waals surface area contributed by atoms with Crippen LogP contribution in [0, 0.1) is 0 Å². The Balaban J connectivity index is 1.60. The number of rotatable bonds is 6. The number of oxime groups is 1. The van der Waals surface area contributed by atoms with Crippen molar-refractivity contribution in [3.05, 3.63) is 78.4 Å². The van der Waals surface area contributed by atoms with Gasteiger partial charge in [-0.15, -0.1) is 11.8 Å². The molecular formula is C23H20N2O3S. The molecule has 1 amide bonds. The number of carbonyl (C=O) groups is 1. The van der Waals surface area contributed by atoms with E-state index >= 15 is 0 Å². The second-order valence-corrected chi connectivity index (χ2v) is 7.41. The van der Waals surface area contributed by atoms with E-state index in [1.807, 2.05) is 54.8 Å². The van der Waals surface area contributed by atoms with Crippen LogP contribution in [0.5, 0.6) is 5.75 Å². The molecule has 1 aliphatic rings. The number of fused-ring (bicyclic) bond motifs is 1. The molecule has 1 heterocycles. The van der Waals surface area contributed by atoms with Crippen LogP contribution >= 0.6 is 11.8 Å². The molecule has 1 aliphatic heterocycles. The summed E-state index contributed by atoms with van der Waals surface area (Å²) in [5, 5.41) is 12.6. The summed E-state index contributed by atoms with van der Waals surface area (Å²) in [6.07, 6.45) is 2.04. The summed E-state index contributed by atoms with van der Waals surface area (Å²) in [5.74, 6) is 0.423. The molecule has 3 aromatic carbocycles. The van der Waals surface area contributed by atoms with E-state index < -0.39 is 0 Å². The highest BCUT2D eigenvalue weighted by atomic mass is 32.2. The van der Waals surface area contributed by atoms with Gasteiger partial charge in [-0.25, -0.2) is 0 Å². The third kappa shape index (κ3) is 3.84. The largest absolute Gasteiger partial charge is 0.492 e. The van der Waals surface area contributed by atoms with E-state index in [2.05, 4.69) is 29.4 Å². The van der Waals surface area contributed by atoms with E-state index in [0.717, 1.165) is 22.6 Å². The van der Waals surface area contributed by atoms with Gasteiger partial charge in [-0.1, -0.05) is 41.6 Å². The zero-order chi connectivity index (χ0) is 20.2. The molecule has 5 nitrogen and oxygen atoms in total. The van der Waals surface area contributed by atoms with Crippen molar-refractivity contribution in [3.8, 4) is 16.9 Å². The SMILES string of the molecule is CSc1ccc(-c2ccc3c(c2)N(CCOc2ccccc2)C(=O)/C3=N/O)cc1. The third-order valence-corrected chi connectivity index (χ3v) is 5.59. The number of anilines is 1. The van der Waals surface area contributed by atoms with Crippen LogP contribution in [-0.4, -0.2) is 36.2 Å². The molecule has 146 valence electrons. The number of hydrogen-bond donors (Lipinski definition) is 1. The predicted molar refractivity (Wildman–Crippen MR) is 116 cm³/mol. The molecule has 0 saturated carbocycles. The van der Waals surface area contributed by atoms with E-state index in [4.69, 9.17) is 4.74 Å². The summed E-state index contributed by atoms with van der Waals surface area (Å²) in [6, 6.07) is 23.5. The van der Waals surface area contributed by atoms with E-state index in [1.165, 1.54) is 4.90 Å². The Labute approximate surface area is 173 Å². The number of nitrogens with zero attached hydrogens (tertiary/aromatic N) is 2. The van der Waals surface area contributed by atoms with Crippen molar-refractivity contribution in [3.63, 3.8) is 0 Å². The Hall–Kier alpha value is -3.25. The summed E-state index contributed by atoms with van der Waals surface area (Å²) in [7, 11) is 0. The molecule has 29 heavy (non-hydrogen) atoms. The Bertz CT molecular complexity index is 1050. The zero-order valence-corrected chi connectivity index (χ0v) is 16.7. The Morgan fingerprint density at radius 2 is 1.72 bits per heavy atom. The molecule has 0 bridgehead atoms. The van der Waals surface area contributed by atoms with Crippen LogP contribution in [0.2, 0.25) is 0 Å². The van der Waals surface area contributed by atoms with Crippen molar-refractivity contribution < 1.29 is 14.7 Å². The maximum absolute atomic E-state index is 12.7. The van der Waals surface area contributed by atoms with Crippen LogP contribution < -0.4 is 9.64 Å². The molecule has 3 aromatic rings. The van der Waals surface area contributed by atoms with Gasteiger partial charge in [0.25, 0.3) is 5.91 Å². The van der Waals surface area contributed by atoms with Gasteiger partial charge in [-0.3, -0.25) is 4.79 Å². The first-order chi connectivity index (χ1) is 14.2. The highest BCUT2D eigenvalue weighted by molar-refractivity contribution is 7.98. The van der Waals surface area contributed by atoms with E-state index in [9.17, 15) is 10.0 Å². The van der Waals surface area contributed by atoms with Crippen molar-refractivity contribution in [1.29, 1.82) is 0 Å². The van der Waals surface area contributed by atoms with Crippen LogP contribution in [0.15, 0.2) is 82.8 Å². The number of hydrogen-bond acceptors (Lipinski definition) is 5. The first-order valence-electron chi connectivity index (χ1n) is 9.22. The monoisotopic (exact) mass is 404 g/mol. The first kappa shape index (κ1) is 19.1. The van der Waals surface area contributed by atoms with Crippen LogP contribution in [0.3, 0.4) is 0 Å². The normalized spacial score (nSPS) is 14.3. The molecule has 0 aromatic heterocycles. The molecule has 0 saturated heterocycles. The first-order valence-corrected chi connectivity index (χ1v) is 10.4. The molecule has 0 atom stereocenters. The lowest BCUT2D eigenvalue weighted by molar-refractivity contribution is -0.112. The van der Waals surface area contributed by atoms with E-state index in [-0.39, 0.29) is 11.6 Å². The van der Waals surface area contributed by atoms with Crippen molar-refractivity contribution in [1.82, 2.24) is 0 Å². The van der Waals surface area contributed by atoms with Crippen LogP contribution in [0.25, 0.3) is 11.1 Å².